The van der Waals surface area contributed by atoms with Crippen LogP contribution in [0.1, 0.15) is 13.3 Å². The van der Waals surface area contributed by atoms with Crippen LogP contribution in [0.2, 0.25) is 10.0 Å². The maximum Gasteiger partial charge on any atom is 0.331 e. The van der Waals surface area contributed by atoms with Crippen LogP contribution in [0.25, 0.3) is 22.5 Å². The molecule has 29 heavy (non-hydrogen) atoms. The number of ether oxygens (including phenoxy) is 1. The molecule has 1 aliphatic heterocycles. The molecule has 4 rings (SSSR count). The molecule has 0 fully saturated rings. The van der Waals surface area contributed by atoms with E-state index in [1.54, 1.807) is 6.08 Å². The van der Waals surface area contributed by atoms with Gasteiger partial charge < -0.3 is 9.72 Å². The standard InChI is InChI=1S/C22H18Cl2N2O2S/c1-13-10-14(28-19(27)11-13)12-29-22-25-20(15-6-2-4-8-17(15)23)21(26-22)16-7-3-5-9-18(16)24/h2-9,11,14H,10,12H2,1H3,(H,25,26). The fourth-order valence-electron chi connectivity index (χ4n) is 3.25. The monoisotopic (exact) mass is 444 g/mol. The van der Waals surface area contributed by atoms with Crippen LogP contribution in [0.3, 0.4) is 0 Å². The van der Waals surface area contributed by atoms with Gasteiger partial charge in [0.2, 0.25) is 0 Å². The average Bonchev–Trinajstić information content (AvgIpc) is 3.10. The van der Waals surface area contributed by atoms with Gasteiger partial charge in [-0.3, -0.25) is 0 Å². The Balaban J connectivity index is 1.67. The summed E-state index contributed by atoms with van der Waals surface area (Å²) in [5.41, 5.74) is 4.26. The lowest BCUT2D eigenvalue weighted by Crippen LogP contribution is -2.24. The topological polar surface area (TPSA) is 55.0 Å². The van der Waals surface area contributed by atoms with Gasteiger partial charge in [0.05, 0.1) is 16.4 Å². The molecule has 0 aliphatic carbocycles. The number of hydrogen-bond donors (Lipinski definition) is 1. The molecule has 1 atom stereocenters. The number of H-pyrrole nitrogens is 1. The van der Waals surface area contributed by atoms with Crippen LogP contribution in [0.4, 0.5) is 0 Å². The summed E-state index contributed by atoms with van der Waals surface area (Å²) in [4.78, 5) is 19.8. The Bertz CT molecular complexity index is 1030. The van der Waals surface area contributed by atoms with E-state index in [2.05, 4.69) is 4.98 Å². The van der Waals surface area contributed by atoms with E-state index < -0.39 is 0 Å². The third kappa shape index (κ3) is 4.53. The number of rotatable bonds is 5. The molecule has 1 aliphatic rings. The molecule has 1 aromatic heterocycles. The van der Waals surface area contributed by atoms with Crippen molar-refractivity contribution < 1.29 is 9.53 Å². The highest BCUT2D eigenvalue weighted by atomic mass is 35.5. The number of hydrogen-bond acceptors (Lipinski definition) is 4. The van der Waals surface area contributed by atoms with E-state index in [1.807, 2.05) is 55.5 Å². The molecule has 1 N–H and O–H groups in total. The van der Waals surface area contributed by atoms with Crippen molar-refractivity contribution in [2.24, 2.45) is 0 Å². The lowest BCUT2D eigenvalue weighted by atomic mass is 10.1. The van der Waals surface area contributed by atoms with E-state index in [4.69, 9.17) is 32.9 Å². The van der Waals surface area contributed by atoms with E-state index in [-0.39, 0.29) is 12.1 Å². The predicted octanol–water partition coefficient (Wildman–Crippen LogP) is 6.40. The first-order chi connectivity index (χ1) is 14.0. The highest BCUT2D eigenvalue weighted by Crippen LogP contribution is 2.38. The number of halogens is 2. The molecule has 148 valence electrons. The van der Waals surface area contributed by atoms with Crippen LogP contribution in [-0.4, -0.2) is 27.8 Å². The molecule has 0 saturated carbocycles. The van der Waals surface area contributed by atoms with Crippen molar-refractivity contribution in [1.82, 2.24) is 9.97 Å². The van der Waals surface area contributed by atoms with Gasteiger partial charge in [-0.05, 0) is 19.1 Å². The molecule has 2 heterocycles. The number of imidazole rings is 1. The van der Waals surface area contributed by atoms with Crippen LogP contribution < -0.4 is 0 Å². The Hall–Kier alpha value is -2.21. The summed E-state index contributed by atoms with van der Waals surface area (Å²) in [6, 6.07) is 15.2. The van der Waals surface area contributed by atoms with Gasteiger partial charge in [-0.1, -0.05) is 76.9 Å². The maximum atomic E-state index is 11.6. The smallest absolute Gasteiger partial charge is 0.331 e. The van der Waals surface area contributed by atoms with Crippen molar-refractivity contribution in [3.63, 3.8) is 0 Å². The molecule has 0 amide bonds. The second kappa shape index (κ2) is 8.66. The summed E-state index contributed by atoms with van der Waals surface area (Å²) >= 11 is 14.4. The maximum absolute atomic E-state index is 11.6. The first-order valence-electron chi connectivity index (χ1n) is 9.11. The number of benzene rings is 2. The Labute approximate surface area is 183 Å². The molecular formula is C22H18Cl2N2O2S. The zero-order valence-electron chi connectivity index (χ0n) is 15.6. The van der Waals surface area contributed by atoms with E-state index in [1.165, 1.54) is 11.8 Å². The minimum atomic E-state index is -0.285. The van der Waals surface area contributed by atoms with Crippen molar-refractivity contribution in [2.45, 2.75) is 24.6 Å². The summed E-state index contributed by atoms with van der Waals surface area (Å²) in [5.74, 6) is 0.321. The van der Waals surface area contributed by atoms with E-state index in [9.17, 15) is 4.79 Å². The van der Waals surface area contributed by atoms with Crippen LogP contribution in [0, 0.1) is 0 Å². The normalized spacial score (nSPS) is 16.4. The lowest BCUT2D eigenvalue weighted by Gasteiger charge is -2.20. The second-order valence-electron chi connectivity index (χ2n) is 6.79. The third-order valence-corrected chi connectivity index (χ3v) is 6.22. The summed E-state index contributed by atoms with van der Waals surface area (Å²) in [6.45, 7) is 1.94. The van der Waals surface area contributed by atoms with Crippen molar-refractivity contribution in [3.05, 3.63) is 70.2 Å². The molecule has 2 aromatic carbocycles. The largest absolute Gasteiger partial charge is 0.458 e. The Kier molecular flexibility index (Phi) is 5.99. The fraction of sp³-hybridized carbons (Fsp3) is 0.182. The predicted molar refractivity (Wildman–Crippen MR) is 118 cm³/mol. The quantitative estimate of drug-likeness (QED) is 0.365. The third-order valence-electron chi connectivity index (χ3n) is 4.56. The Morgan fingerprint density at radius 1 is 1.10 bits per heavy atom. The van der Waals surface area contributed by atoms with Gasteiger partial charge in [0.15, 0.2) is 5.16 Å². The number of nitrogens with one attached hydrogen (secondary N) is 1. The van der Waals surface area contributed by atoms with E-state index >= 15 is 0 Å². The van der Waals surface area contributed by atoms with Gasteiger partial charge in [0.25, 0.3) is 0 Å². The van der Waals surface area contributed by atoms with Crippen LogP contribution >= 0.6 is 35.0 Å². The molecular weight excluding hydrogens is 427 g/mol. The number of aromatic nitrogens is 2. The number of nitrogens with zero attached hydrogens (tertiary/aromatic N) is 1. The molecule has 3 aromatic rings. The fourth-order valence-corrected chi connectivity index (χ4v) is 4.57. The molecule has 0 spiro atoms. The lowest BCUT2D eigenvalue weighted by molar-refractivity contribution is -0.143. The van der Waals surface area contributed by atoms with E-state index in [0.29, 0.717) is 15.8 Å². The summed E-state index contributed by atoms with van der Waals surface area (Å²) in [7, 11) is 0. The first kappa shape index (κ1) is 20.1. The van der Waals surface area contributed by atoms with Crippen molar-refractivity contribution in [2.75, 3.05) is 5.75 Å². The molecule has 7 heteroatoms. The van der Waals surface area contributed by atoms with E-state index in [0.717, 1.165) is 39.7 Å². The SMILES string of the molecule is CC1=CC(=O)OC(CSc2nc(-c3ccccc3Cl)c(-c3ccccc3Cl)[nH]2)C1. The molecule has 0 saturated heterocycles. The van der Waals surface area contributed by atoms with Gasteiger partial charge in [-0.25, -0.2) is 9.78 Å². The second-order valence-corrected chi connectivity index (χ2v) is 8.61. The summed E-state index contributed by atoms with van der Waals surface area (Å²) < 4.78 is 5.40. The molecule has 1 unspecified atom stereocenters. The average molecular weight is 445 g/mol. The highest BCUT2D eigenvalue weighted by Gasteiger charge is 2.22. The summed E-state index contributed by atoms with van der Waals surface area (Å²) in [6.07, 6.45) is 2.10. The van der Waals surface area contributed by atoms with Crippen molar-refractivity contribution >= 4 is 40.9 Å². The number of aromatic amines is 1. The summed E-state index contributed by atoms with van der Waals surface area (Å²) in [5, 5.41) is 1.96. The van der Waals surface area contributed by atoms with Gasteiger partial charge in [-0.15, -0.1) is 0 Å². The number of carbonyl (C=O) groups excluding carboxylic acids is 1. The number of thioether (sulfide) groups is 1. The zero-order chi connectivity index (χ0) is 20.4. The molecule has 0 bridgehead atoms. The number of carbonyl (C=O) groups is 1. The minimum Gasteiger partial charge on any atom is -0.458 e. The molecule has 4 nitrogen and oxygen atoms in total. The highest BCUT2D eigenvalue weighted by molar-refractivity contribution is 7.99. The van der Waals surface area contributed by atoms with Gasteiger partial charge in [0.1, 0.15) is 6.10 Å². The van der Waals surface area contributed by atoms with Gasteiger partial charge in [-0.2, -0.15) is 0 Å². The van der Waals surface area contributed by atoms with Crippen LogP contribution in [0.5, 0.6) is 0 Å². The number of esters is 1. The Morgan fingerprint density at radius 3 is 2.41 bits per heavy atom. The Morgan fingerprint density at radius 2 is 1.76 bits per heavy atom. The molecule has 0 radical (unpaired) electrons. The first-order valence-corrected chi connectivity index (χ1v) is 10.9. The zero-order valence-corrected chi connectivity index (χ0v) is 17.9. The number of cyclic esters (lactones) is 1. The van der Waals surface area contributed by atoms with Crippen molar-refractivity contribution in [1.29, 1.82) is 0 Å². The minimum absolute atomic E-state index is 0.171. The van der Waals surface area contributed by atoms with Crippen LogP contribution in [0.15, 0.2) is 65.3 Å². The van der Waals surface area contributed by atoms with Gasteiger partial charge in [0, 0.05) is 34.4 Å². The van der Waals surface area contributed by atoms with Crippen molar-refractivity contribution in [3.8, 4) is 22.5 Å². The van der Waals surface area contributed by atoms with Gasteiger partial charge >= 0.3 is 5.97 Å². The van der Waals surface area contributed by atoms with Crippen LogP contribution in [-0.2, 0) is 9.53 Å².